The average molecular weight is 734 g/mol. The smallest absolute Gasteiger partial charge is 0.354 e. The third-order valence-electron chi connectivity index (χ3n) is 9.03. The fourth-order valence-electron chi connectivity index (χ4n) is 6.06. The summed E-state index contributed by atoms with van der Waals surface area (Å²) in [6.45, 7) is 7.81. The number of rotatable bonds is 14. The number of halogens is 1. The number of benzene rings is 3. The molecule has 0 spiro atoms. The van der Waals surface area contributed by atoms with Crippen LogP contribution in [-0.4, -0.2) is 99.1 Å². The Morgan fingerprint density at radius 1 is 0.923 bits per heavy atom. The number of nitrogens with zero attached hydrogens (tertiary/aromatic N) is 3. The van der Waals surface area contributed by atoms with Gasteiger partial charge in [-0.2, -0.15) is 0 Å². The second kappa shape index (κ2) is 18.4. The lowest BCUT2D eigenvalue weighted by Gasteiger charge is -2.32. The zero-order valence-electron chi connectivity index (χ0n) is 30.5. The van der Waals surface area contributed by atoms with Crippen LogP contribution in [0.3, 0.4) is 0 Å². The number of likely N-dealkylation sites (N-methyl/N-ethyl adjacent to an activating group) is 1. The highest BCUT2D eigenvalue weighted by Crippen LogP contribution is 2.32. The number of esters is 1. The van der Waals surface area contributed by atoms with E-state index in [2.05, 4.69) is 22.2 Å². The maximum absolute atomic E-state index is 13.7. The predicted molar refractivity (Wildman–Crippen MR) is 204 cm³/mol. The molecule has 13 heteroatoms. The van der Waals surface area contributed by atoms with Crippen molar-refractivity contribution in [2.24, 2.45) is 0 Å². The lowest BCUT2D eigenvalue weighted by atomic mass is 10.1. The molecule has 12 nitrogen and oxygen atoms in total. The Kier molecular flexibility index (Phi) is 14.1. The molecule has 4 aromatic rings. The highest BCUT2D eigenvalue weighted by Gasteiger charge is 2.22. The number of nitrogens with one attached hydrogen (secondary N) is 2. The van der Waals surface area contributed by atoms with Crippen molar-refractivity contribution in [2.45, 2.75) is 39.5 Å². The monoisotopic (exact) mass is 733 g/mol. The summed E-state index contributed by atoms with van der Waals surface area (Å²) in [5.41, 5.74) is 3.58. The van der Waals surface area contributed by atoms with Gasteiger partial charge in [0, 0.05) is 61.7 Å². The fourth-order valence-corrected chi connectivity index (χ4v) is 6.06. The van der Waals surface area contributed by atoms with Gasteiger partial charge in [-0.25, -0.2) is 4.79 Å². The number of fused-ring (bicyclic) bond motifs is 1. The Balaban J connectivity index is 0.00000605. The molecule has 5 rings (SSSR count). The van der Waals surface area contributed by atoms with Gasteiger partial charge in [-0.15, -0.1) is 12.4 Å². The zero-order valence-corrected chi connectivity index (χ0v) is 31.3. The van der Waals surface area contributed by atoms with Crippen LogP contribution in [0.15, 0.2) is 60.7 Å². The minimum Gasteiger partial charge on any atom is -0.495 e. The summed E-state index contributed by atoms with van der Waals surface area (Å²) in [6.07, 6.45) is 3.01. The first-order chi connectivity index (χ1) is 24.6. The fraction of sp³-hybridized carbons (Fsp3) is 0.385. The van der Waals surface area contributed by atoms with Crippen molar-refractivity contribution in [3.05, 3.63) is 83.0 Å². The van der Waals surface area contributed by atoms with Crippen LogP contribution in [0.4, 0.5) is 11.4 Å². The van der Waals surface area contributed by atoms with Crippen LogP contribution < -0.4 is 19.7 Å². The number of amides is 3. The maximum Gasteiger partial charge on any atom is 0.354 e. The van der Waals surface area contributed by atoms with Gasteiger partial charge in [0.25, 0.3) is 11.8 Å². The number of anilines is 2. The molecular formula is C39H48ClN5O7. The highest BCUT2D eigenvalue weighted by molar-refractivity contribution is 6.14. The van der Waals surface area contributed by atoms with Crippen LogP contribution in [0.5, 0.6) is 11.5 Å². The van der Waals surface area contributed by atoms with Gasteiger partial charge in [0.2, 0.25) is 5.91 Å². The molecule has 2 heterocycles. The number of hydrogen-bond donors (Lipinski definition) is 2. The van der Waals surface area contributed by atoms with Crippen molar-refractivity contribution in [2.75, 3.05) is 70.8 Å². The van der Waals surface area contributed by atoms with E-state index >= 15 is 0 Å². The van der Waals surface area contributed by atoms with Gasteiger partial charge in [0.1, 0.15) is 17.2 Å². The van der Waals surface area contributed by atoms with Gasteiger partial charge < -0.3 is 39.2 Å². The van der Waals surface area contributed by atoms with E-state index in [4.69, 9.17) is 14.2 Å². The van der Waals surface area contributed by atoms with Crippen LogP contribution in [0, 0.1) is 6.92 Å². The summed E-state index contributed by atoms with van der Waals surface area (Å²) in [4.78, 5) is 60.7. The van der Waals surface area contributed by atoms with Gasteiger partial charge in [0.15, 0.2) is 0 Å². The predicted octanol–water partition coefficient (Wildman–Crippen LogP) is 6.33. The number of H-pyrrole nitrogens is 1. The lowest BCUT2D eigenvalue weighted by molar-refractivity contribution is -0.132. The Bertz CT molecular complexity index is 1890. The first-order valence-corrected chi connectivity index (χ1v) is 17.4. The molecule has 1 aliphatic rings. The molecule has 278 valence electrons. The van der Waals surface area contributed by atoms with E-state index in [9.17, 15) is 19.2 Å². The molecule has 1 aliphatic heterocycles. The Hall–Kier alpha value is -5.07. The summed E-state index contributed by atoms with van der Waals surface area (Å²) in [6, 6.07) is 17.3. The minimum absolute atomic E-state index is 0. The van der Waals surface area contributed by atoms with Crippen molar-refractivity contribution in [3.8, 4) is 11.5 Å². The normalized spacial score (nSPS) is 12.9. The van der Waals surface area contributed by atoms with Crippen molar-refractivity contribution in [1.82, 2.24) is 14.8 Å². The van der Waals surface area contributed by atoms with E-state index < -0.39 is 11.9 Å². The Morgan fingerprint density at radius 2 is 1.69 bits per heavy atom. The van der Waals surface area contributed by atoms with E-state index in [1.54, 1.807) is 56.4 Å². The number of aromatic nitrogens is 1. The number of unbranched alkanes of at least 4 members (excludes halogenated alkanes) is 2. The molecule has 2 N–H and O–H groups in total. The molecule has 0 radical (unpaired) electrons. The number of aryl methyl sites for hydroxylation is 1. The number of carbonyl (C=O) groups is 4. The number of aromatic amines is 1. The van der Waals surface area contributed by atoms with Gasteiger partial charge in [-0.3, -0.25) is 14.4 Å². The van der Waals surface area contributed by atoms with Gasteiger partial charge in [0.05, 0.1) is 31.7 Å². The first-order valence-electron chi connectivity index (χ1n) is 17.4. The molecule has 3 aromatic carbocycles. The van der Waals surface area contributed by atoms with Gasteiger partial charge in [-0.05, 0) is 94.3 Å². The first kappa shape index (κ1) is 39.7. The highest BCUT2D eigenvalue weighted by atomic mass is 35.5. The summed E-state index contributed by atoms with van der Waals surface area (Å²) in [5.74, 6) is -0.0729. The van der Waals surface area contributed by atoms with Gasteiger partial charge in [-0.1, -0.05) is 12.1 Å². The molecule has 0 saturated carbocycles. The number of piperazine rings is 1. The maximum atomic E-state index is 13.7. The zero-order chi connectivity index (χ0) is 36.5. The second-order valence-electron chi connectivity index (χ2n) is 12.7. The van der Waals surface area contributed by atoms with Crippen molar-refractivity contribution in [1.29, 1.82) is 0 Å². The third-order valence-corrected chi connectivity index (χ3v) is 9.03. The number of hydrogen-bond acceptors (Lipinski definition) is 8. The number of carbonyl (C=O) groups excluding carboxylic acids is 4. The SMILES string of the molecule is CCOC(=O)c1cc2c(C(=O)Nc3ccc(C(=O)N(C)c4ccc(C)cc4OCCCCCC(=O)N4CCN(C)CC4)cc3OC)cccc2[nH]1.Cl. The summed E-state index contributed by atoms with van der Waals surface area (Å²) < 4.78 is 16.8. The molecule has 52 heavy (non-hydrogen) atoms. The lowest BCUT2D eigenvalue weighted by Crippen LogP contribution is -2.47. The molecule has 0 bridgehead atoms. The molecule has 3 amide bonds. The molecule has 0 aliphatic carbocycles. The van der Waals surface area contributed by atoms with Crippen LogP contribution >= 0.6 is 12.4 Å². The van der Waals surface area contributed by atoms with Gasteiger partial charge >= 0.3 is 5.97 Å². The van der Waals surface area contributed by atoms with Crippen LogP contribution in [0.25, 0.3) is 10.9 Å². The van der Waals surface area contributed by atoms with Crippen molar-refractivity contribution in [3.63, 3.8) is 0 Å². The van der Waals surface area contributed by atoms with Crippen LogP contribution in [0.2, 0.25) is 0 Å². The summed E-state index contributed by atoms with van der Waals surface area (Å²) in [7, 11) is 5.23. The minimum atomic E-state index is -0.502. The van der Waals surface area contributed by atoms with Crippen molar-refractivity contribution >= 4 is 58.4 Å². The quantitative estimate of drug-likeness (QED) is 0.114. The van der Waals surface area contributed by atoms with Crippen molar-refractivity contribution < 1.29 is 33.4 Å². The van der Waals surface area contributed by atoms with Crippen LogP contribution in [0.1, 0.15) is 69.4 Å². The summed E-state index contributed by atoms with van der Waals surface area (Å²) >= 11 is 0. The Labute approximate surface area is 310 Å². The standard InChI is InChI=1S/C39H47N5O7.ClH/c1-6-50-39(48)32-25-29-28(11-10-12-30(29)40-32)37(46)41-31-16-15-27(24-34(31)49-5)38(47)43(4)33-17-14-26(2)23-35(33)51-22-9-7-8-13-36(45)44-20-18-42(3)19-21-44;/h10-12,14-17,23-25,40H,6-9,13,18-22H2,1-5H3,(H,41,46);1H. The average Bonchev–Trinajstić information content (AvgIpc) is 3.58. The van der Waals surface area contributed by atoms with E-state index in [0.29, 0.717) is 57.9 Å². The van der Waals surface area contributed by atoms with E-state index in [1.165, 1.54) is 12.0 Å². The summed E-state index contributed by atoms with van der Waals surface area (Å²) in [5, 5.41) is 3.44. The Morgan fingerprint density at radius 3 is 2.42 bits per heavy atom. The van der Waals surface area contributed by atoms with Crippen LogP contribution in [-0.2, 0) is 9.53 Å². The van der Waals surface area contributed by atoms with E-state index in [1.807, 2.05) is 30.0 Å². The topological polar surface area (TPSA) is 134 Å². The molecule has 0 atom stereocenters. The number of methoxy groups -OCH3 is 1. The molecular weight excluding hydrogens is 686 g/mol. The van der Waals surface area contributed by atoms with E-state index in [0.717, 1.165) is 51.0 Å². The number of ether oxygens (including phenoxy) is 3. The molecule has 1 saturated heterocycles. The van der Waals surface area contributed by atoms with E-state index in [-0.39, 0.29) is 36.5 Å². The molecule has 0 unspecified atom stereocenters. The molecule has 1 aromatic heterocycles. The largest absolute Gasteiger partial charge is 0.495 e. The second-order valence-corrected chi connectivity index (χ2v) is 12.7. The third kappa shape index (κ3) is 9.62. The molecule has 1 fully saturated rings.